The maximum absolute atomic E-state index is 11.0. The third kappa shape index (κ3) is 8.34. The number of amidine groups is 1. The van der Waals surface area contributed by atoms with Crippen LogP contribution in [0.2, 0.25) is 0 Å². The normalized spacial score (nSPS) is 17.7. The summed E-state index contributed by atoms with van der Waals surface area (Å²) in [4.78, 5) is 17.2. The van der Waals surface area contributed by atoms with E-state index in [1.807, 2.05) is 38.4 Å². The average Bonchev–Trinajstić information content (AvgIpc) is 3.42. The molecule has 1 aromatic heterocycles. The molecule has 2 aromatic rings. The van der Waals surface area contributed by atoms with Crippen LogP contribution in [0.25, 0.3) is 0 Å². The third-order valence-corrected chi connectivity index (χ3v) is 6.69. The van der Waals surface area contributed by atoms with Crippen molar-refractivity contribution in [3.8, 4) is 0 Å². The zero-order valence-corrected chi connectivity index (χ0v) is 21.6. The van der Waals surface area contributed by atoms with Gasteiger partial charge in [-0.25, -0.2) is 0 Å². The molecule has 0 aliphatic heterocycles. The van der Waals surface area contributed by atoms with Crippen molar-refractivity contribution in [1.29, 1.82) is 0 Å². The van der Waals surface area contributed by atoms with Crippen LogP contribution in [0.15, 0.2) is 45.8 Å². The van der Waals surface area contributed by atoms with Crippen molar-refractivity contribution in [1.82, 2.24) is 10.2 Å². The minimum atomic E-state index is -0.708. The van der Waals surface area contributed by atoms with Gasteiger partial charge in [-0.15, -0.1) is 0 Å². The molecule has 0 amide bonds. The van der Waals surface area contributed by atoms with Gasteiger partial charge in [-0.1, -0.05) is 24.3 Å². The lowest BCUT2D eigenvalue weighted by molar-refractivity contribution is -0.463. The maximum Gasteiger partial charge on any atom is 0.259 e. The van der Waals surface area contributed by atoms with E-state index in [2.05, 4.69) is 27.3 Å². The highest BCUT2D eigenvalue weighted by atomic mass is 32.2. The zero-order chi connectivity index (χ0) is 25.1. The van der Waals surface area contributed by atoms with Crippen LogP contribution in [0.5, 0.6) is 0 Å². The fourth-order valence-corrected chi connectivity index (χ4v) is 4.85. The van der Waals surface area contributed by atoms with Crippen LogP contribution >= 0.6 is 11.8 Å². The van der Waals surface area contributed by atoms with Crippen molar-refractivity contribution in [3.63, 3.8) is 0 Å². The SMILES string of the molecule is COC1(OCCCN=C(C[N+](=O)[O-])NCCSCc2ccc(CN(C)C)o2)CCc2ccccc21. The molecule has 0 saturated heterocycles. The highest BCUT2D eigenvalue weighted by molar-refractivity contribution is 7.98. The molecule has 1 aliphatic carbocycles. The van der Waals surface area contributed by atoms with Gasteiger partial charge in [0.05, 0.1) is 18.9 Å². The first kappa shape index (κ1) is 27.2. The molecule has 1 aliphatic rings. The number of nitrogens with one attached hydrogen (secondary N) is 1. The van der Waals surface area contributed by atoms with E-state index in [1.54, 1.807) is 18.9 Å². The van der Waals surface area contributed by atoms with Gasteiger partial charge in [-0.3, -0.25) is 15.1 Å². The molecule has 192 valence electrons. The molecule has 0 saturated carbocycles. The first-order valence-corrected chi connectivity index (χ1v) is 13.0. The quantitative estimate of drug-likeness (QED) is 0.0978. The Hall–Kier alpha value is -2.40. The van der Waals surface area contributed by atoms with Gasteiger partial charge in [0.2, 0.25) is 0 Å². The number of hydrogen-bond donors (Lipinski definition) is 1. The molecule has 0 radical (unpaired) electrons. The van der Waals surface area contributed by atoms with Gasteiger partial charge in [0, 0.05) is 42.9 Å². The van der Waals surface area contributed by atoms with Gasteiger partial charge in [0.15, 0.2) is 11.6 Å². The fraction of sp³-hybridized carbons (Fsp3) is 0.560. The van der Waals surface area contributed by atoms with Crippen molar-refractivity contribution in [2.24, 2.45) is 4.99 Å². The Morgan fingerprint density at radius 3 is 2.86 bits per heavy atom. The predicted molar refractivity (Wildman–Crippen MR) is 138 cm³/mol. The number of aryl methyl sites for hydroxylation is 1. The predicted octanol–water partition coefficient (Wildman–Crippen LogP) is 3.69. The molecule has 1 unspecified atom stereocenters. The summed E-state index contributed by atoms with van der Waals surface area (Å²) in [5, 5.41) is 14.2. The highest BCUT2D eigenvalue weighted by Gasteiger charge is 2.39. The summed E-state index contributed by atoms with van der Waals surface area (Å²) in [5.74, 6) is 3.12. The van der Waals surface area contributed by atoms with E-state index < -0.39 is 5.79 Å². The van der Waals surface area contributed by atoms with Crippen molar-refractivity contribution >= 4 is 17.6 Å². The Balaban J connectivity index is 1.38. The molecule has 0 spiro atoms. The Bertz CT molecular complexity index is 980. The number of furan rings is 1. The second-order valence-corrected chi connectivity index (χ2v) is 9.83. The Labute approximate surface area is 211 Å². The number of benzene rings is 1. The Morgan fingerprint density at radius 1 is 1.29 bits per heavy atom. The molecule has 1 N–H and O–H groups in total. The van der Waals surface area contributed by atoms with Crippen LogP contribution in [0, 0.1) is 10.1 Å². The lowest BCUT2D eigenvalue weighted by atomic mass is 10.1. The van der Waals surface area contributed by atoms with Crippen LogP contribution in [-0.4, -0.2) is 68.9 Å². The number of nitrogens with zero attached hydrogens (tertiary/aromatic N) is 3. The van der Waals surface area contributed by atoms with Gasteiger partial charge in [-0.2, -0.15) is 11.8 Å². The second-order valence-electron chi connectivity index (χ2n) is 8.72. The first-order valence-electron chi connectivity index (χ1n) is 11.9. The van der Waals surface area contributed by atoms with E-state index in [9.17, 15) is 10.1 Å². The Kier molecular flexibility index (Phi) is 10.6. The number of methoxy groups -OCH3 is 1. The number of nitro groups is 1. The van der Waals surface area contributed by atoms with Gasteiger partial charge in [-0.05, 0) is 44.6 Å². The molecular formula is C25H36N4O5S. The van der Waals surface area contributed by atoms with Crippen LogP contribution in [0.3, 0.4) is 0 Å². The summed E-state index contributed by atoms with van der Waals surface area (Å²) >= 11 is 1.71. The molecule has 1 aromatic carbocycles. The Morgan fingerprint density at radius 2 is 2.09 bits per heavy atom. The molecule has 3 rings (SSSR count). The summed E-state index contributed by atoms with van der Waals surface area (Å²) in [6.45, 7) is 1.98. The largest absolute Gasteiger partial charge is 0.464 e. The van der Waals surface area contributed by atoms with Crippen molar-refractivity contribution in [3.05, 3.63) is 69.2 Å². The number of ether oxygens (including phenoxy) is 2. The van der Waals surface area contributed by atoms with Crippen molar-refractivity contribution in [2.75, 3.05) is 53.2 Å². The average molecular weight is 505 g/mol. The van der Waals surface area contributed by atoms with Gasteiger partial charge in [0.25, 0.3) is 6.54 Å². The first-order chi connectivity index (χ1) is 16.9. The summed E-state index contributed by atoms with van der Waals surface area (Å²) in [7, 11) is 5.68. The molecule has 10 heteroatoms. The topological polar surface area (TPSA) is 102 Å². The maximum atomic E-state index is 11.0. The standard InChI is InChI=1S/C25H36N4O5S/c1-28(2)17-21-9-10-22(34-21)19-35-16-14-27-24(18-29(30)31)26-13-6-15-33-25(32-3)12-11-20-7-4-5-8-23(20)25/h4-5,7-10H,6,11-19H2,1-3H3,(H,26,27). The lowest BCUT2D eigenvalue weighted by Crippen LogP contribution is -2.32. The fourth-order valence-electron chi connectivity index (χ4n) is 4.10. The minimum Gasteiger partial charge on any atom is -0.464 e. The molecular weight excluding hydrogens is 468 g/mol. The second kappa shape index (κ2) is 13.6. The molecule has 1 atom stereocenters. The highest BCUT2D eigenvalue weighted by Crippen LogP contribution is 2.40. The minimum absolute atomic E-state index is 0.313. The molecule has 35 heavy (non-hydrogen) atoms. The molecule has 0 fully saturated rings. The van der Waals surface area contributed by atoms with Crippen molar-refractivity contribution < 1.29 is 18.8 Å². The molecule has 1 heterocycles. The number of hydrogen-bond acceptors (Lipinski definition) is 8. The van der Waals surface area contributed by atoms with E-state index in [4.69, 9.17) is 13.9 Å². The van der Waals surface area contributed by atoms with E-state index in [0.29, 0.717) is 32.0 Å². The number of aliphatic imine (C=N–C) groups is 1. The van der Waals surface area contributed by atoms with Crippen LogP contribution in [0.1, 0.15) is 35.5 Å². The number of thioether (sulfide) groups is 1. The van der Waals surface area contributed by atoms with Crippen LogP contribution in [-0.2, 0) is 34.0 Å². The summed E-state index contributed by atoms with van der Waals surface area (Å²) in [6.07, 6.45) is 2.36. The third-order valence-electron chi connectivity index (χ3n) is 5.71. The van der Waals surface area contributed by atoms with E-state index in [1.165, 1.54) is 5.56 Å². The molecule has 9 nitrogen and oxygen atoms in total. The van der Waals surface area contributed by atoms with Crippen LogP contribution < -0.4 is 5.32 Å². The zero-order valence-electron chi connectivity index (χ0n) is 20.8. The van der Waals surface area contributed by atoms with Crippen LogP contribution in [0.4, 0.5) is 0 Å². The summed E-state index contributed by atoms with van der Waals surface area (Å²) in [6, 6.07) is 12.2. The van der Waals surface area contributed by atoms with Gasteiger partial charge in [0.1, 0.15) is 11.5 Å². The van der Waals surface area contributed by atoms with E-state index >= 15 is 0 Å². The summed E-state index contributed by atoms with van der Waals surface area (Å²) < 4.78 is 17.7. The van der Waals surface area contributed by atoms with Gasteiger partial charge < -0.3 is 24.1 Å². The number of fused-ring (bicyclic) bond motifs is 1. The number of rotatable bonds is 15. The monoisotopic (exact) mass is 504 g/mol. The molecule has 0 bridgehead atoms. The summed E-state index contributed by atoms with van der Waals surface area (Å²) in [5.41, 5.74) is 2.34. The van der Waals surface area contributed by atoms with E-state index in [0.717, 1.165) is 48.0 Å². The van der Waals surface area contributed by atoms with Gasteiger partial charge >= 0.3 is 0 Å². The smallest absolute Gasteiger partial charge is 0.259 e. The van der Waals surface area contributed by atoms with Crippen molar-refractivity contribution in [2.45, 2.75) is 37.3 Å². The lowest BCUT2D eigenvalue weighted by Gasteiger charge is -2.29. The van der Waals surface area contributed by atoms with E-state index in [-0.39, 0.29) is 11.5 Å².